The molecule has 2 N–H and O–H groups in total. The molecule has 1 aliphatic rings. The van der Waals surface area contributed by atoms with E-state index < -0.39 is 0 Å². The second-order valence-electron chi connectivity index (χ2n) is 5.11. The van der Waals surface area contributed by atoms with Gasteiger partial charge in [0, 0.05) is 12.1 Å². The average Bonchev–Trinajstić information content (AvgIpc) is 2.35. The molecule has 0 spiro atoms. The summed E-state index contributed by atoms with van der Waals surface area (Å²) in [6, 6.07) is 1.47. The van der Waals surface area contributed by atoms with Crippen LogP contribution in [0.1, 0.15) is 39.5 Å². The molecule has 16 heavy (non-hydrogen) atoms. The van der Waals surface area contributed by atoms with Crippen molar-refractivity contribution >= 4 is 0 Å². The largest absolute Gasteiger partial charge is 0.330 e. The fraction of sp³-hybridized carbons (Fsp3) is 1.00. The van der Waals surface area contributed by atoms with Gasteiger partial charge in [-0.25, -0.2) is 0 Å². The van der Waals surface area contributed by atoms with E-state index in [-0.39, 0.29) is 0 Å². The Hall–Kier alpha value is -0.120. The molecule has 96 valence electrons. The smallest absolute Gasteiger partial charge is 0.0119 e. The van der Waals surface area contributed by atoms with Gasteiger partial charge in [-0.2, -0.15) is 0 Å². The molecule has 0 aromatic rings. The van der Waals surface area contributed by atoms with E-state index in [0.717, 1.165) is 19.0 Å². The fourth-order valence-corrected chi connectivity index (χ4v) is 2.62. The highest BCUT2D eigenvalue weighted by Gasteiger charge is 2.23. The van der Waals surface area contributed by atoms with E-state index >= 15 is 0 Å². The Balaban J connectivity index is 2.29. The summed E-state index contributed by atoms with van der Waals surface area (Å²) in [6.07, 6.45) is 5.05. The Labute approximate surface area is 101 Å². The van der Waals surface area contributed by atoms with Gasteiger partial charge >= 0.3 is 0 Å². The van der Waals surface area contributed by atoms with Crippen molar-refractivity contribution in [2.45, 2.75) is 51.6 Å². The molecule has 0 radical (unpaired) electrons. The quantitative estimate of drug-likeness (QED) is 0.747. The Kier molecular flexibility index (Phi) is 6.32. The number of nitrogens with two attached hydrogens (primary N) is 1. The summed E-state index contributed by atoms with van der Waals surface area (Å²) in [5.41, 5.74) is 5.57. The van der Waals surface area contributed by atoms with Crippen LogP contribution >= 0.6 is 0 Å². The van der Waals surface area contributed by atoms with Crippen LogP contribution in [0.5, 0.6) is 0 Å². The van der Waals surface area contributed by atoms with Crippen molar-refractivity contribution in [3.63, 3.8) is 0 Å². The maximum atomic E-state index is 5.57. The minimum Gasteiger partial charge on any atom is -0.330 e. The summed E-state index contributed by atoms with van der Waals surface area (Å²) in [5.74, 6) is 0. The molecule has 3 heteroatoms. The molecule has 1 fully saturated rings. The van der Waals surface area contributed by atoms with Crippen molar-refractivity contribution in [3.05, 3.63) is 0 Å². The van der Waals surface area contributed by atoms with Crippen molar-refractivity contribution in [3.8, 4) is 0 Å². The summed E-state index contributed by atoms with van der Waals surface area (Å²) < 4.78 is 0. The molecule has 1 saturated heterocycles. The van der Waals surface area contributed by atoms with E-state index in [4.69, 9.17) is 5.73 Å². The van der Waals surface area contributed by atoms with Crippen LogP contribution in [0.3, 0.4) is 0 Å². The molecule has 0 aromatic carbocycles. The lowest BCUT2D eigenvalue weighted by molar-refractivity contribution is 0.101. The molecule has 1 atom stereocenters. The number of piperidine rings is 1. The predicted octanol–water partition coefficient (Wildman–Crippen LogP) is 1.53. The highest BCUT2D eigenvalue weighted by molar-refractivity contribution is 4.80. The van der Waals surface area contributed by atoms with E-state index in [1.807, 2.05) is 0 Å². The van der Waals surface area contributed by atoms with Gasteiger partial charge in [0.15, 0.2) is 0 Å². The zero-order valence-electron chi connectivity index (χ0n) is 11.3. The molecule has 1 rings (SSSR count). The predicted molar refractivity (Wildman–Crippen MR) is 70.6 cm³/mol. The van der Waals surface area contributed by atoms with Crippen LogP contribution in [0.4, 0.5) is 0 Å². The van der Waals surface area contributed by atoms with Gasteiger partial charge in [-0.05, 0) is 65.8 Å². The summed E-state index contributed by atoms with van der Waals surface area (Å²) >= 11 is 0. The van der Waals surface area contributed by atoms with Crippen molar-refractivity contribution in [2.24, 2.45) is 5.73 Å². The number of nitrogens with zero attached hydrogens (tertiary/aromatic N) is 2. The van der Waals surface area contributed by atoms with Crippen LogP contribution < -0.4 is 5.73 Å². The Morgan fingerprint density at radius 3 is 2.50 bits per heavy atom. The van der Waals surface area contributed by atoms with E-state index in [1.54, 1.807) is 0 Å². The SMILES string of the molecule is CCN1CCC(N(C)C(C)CCCN)CC1. The molecular weight excluding hydrogens is 198 g/mol. The normalized spacial score (nSPS) is 21.6. The highest BCUT2D eigenvalue weighted by Crippen LogP contribution is 2.18. The first-order chi connectivity index (χ1) is 7.69. The molecule has 3 nitrogen and oxygen atoms in total. The van der Waals surface area contributed by atoms with Gasteiger partial charge in [0.05, 0.1) is 0 Å². The summed E-state index contributed by atoms with van der Waals surface area (Å²) in [6.45, 7) is 9.17. The third-order valence-electron chi connectivity index (χ3n) is 4.10. The van der Waals surface area contributed by atoms with Gasteiger partial charge in [0.1, 0.15) is 0 Å². The van der Waals surface area contributed by atoms with E-state index in [9.17, 15) is 0 Å². The third-order valence-corrected chi connectivity index (χ3v) is 4.10. The standard InChI is InChI=1S/C13H29N3/c1-4-16-10-7-13(8-11-16)15(3)12(2)6-5-9-14/h12-13H,4-11,14H2,1-3H3. The van der Waals surface area contributed by atoms with Crippen LogP contribution in [-0.2, 0) is 0 Å². The van der Waals surface area contributed by atoms with Crippen molar-refractivity contribution in [1.82, 2.24) is 9.80 Å². The van der Waals surface area contributed by atoms with E-state index in [0.29, 0.717) is 6.04 Å². The molecule has 0 aromatic heterocycles. The number of likely N-dealkylation sites (tertiary alicyclic amines) is 1. The van der Waals surface area contributed by atoms with Gasteiger partial charge < -0.3 is 15.5 Å². The Morgan fingerprint density at radius 1 is 1.38 bits per heavy atom. The summed E-state index contributed by atoms with van der Waals surface area (Å²) in [7, 11) is 2.29. The number of rotatable bonds is 6. The molecule has 1 aliphatic heterocycles. The van der Waals surface area contributed by atoms with Crippen molar-refractivity contribution < 1.29 is 0 Å². The lowest BCUT2D eigenvalue weighted by atomic mass is 10.0. The highest BCUT2D eigenvalue weighted by atomic mass is 15.2. The molecule has 0 aliphatic carbocycles. The van der Waals surface area contributed by atoms with Crippen LogP contribution in [0, 0.1) is 0 Å². The number of hydrogen-bond acceptors (Lipinski definition) is 3. The second-order valence-corrected chi connectivity index (χ2v) is 5.11. The summed E-state index contributed by atoms with van der Waals surface area (Å²) in [5, 5.41) is 0. The fourth-order valence-electron chi connectivity index (χ4n) is 2.62. The van der Waals surface area contributed by atoms with Gasteiger partial charge in [0.25, 0.3) is 0 Å². The first-order valence-electron chi connectivity index (χ1n) is 6.83. The maximum Gasteiger partial charge on any atom is 0.0119 e. The van der Waals surface area contributed by atoms with Crippen LogP contribution in [-0.4, -0.2) is 55.1 Å². The van der Waals surface area contributed by atoms with Gasteiger partial charge in [-0.1, -0.05) is 6.92 Å². The lowest BCUT2D eigenvalue weighted by Crippen LogP contribution is -2.46. The molecule has 0 saturated carbocycles. The first-order valence-corrected chi connectivity index (χ1v) is 6.83. The monoisotopic (exact) mass is 227 g/mol. The molecule has 1 unspecified atom stereocenters. The molecular formula is C13H29N3. The zero-order chi connectivity index (χ0) is 12.0. The summed E-state index contributed by atoms with van der Waals surface area (Å²) in [4.78, 5) is 5.12. The first kappa shape index (κ1) is 13.9. The van der Waals surface area contributed by atoms with Crippen LogP contribution in [0.2, 0.25) is 0 Å². The van der Waals surface area contributed by atoms with Gasteiger partial charge in [-0.3, -0.25) is 0 Å². The topological polar surface area (TPSA) is 32.5 Å². The van der Waals surface area contributed by atoms with Gasteiger partial charge in [0.2, 0.25) is 0 Å². The number of hydrogen-bond donors (Lipinski definition) is 1. The van der Waals surface area contributed by atoms with Gasteiger partial charge in [-0.15, -0.1) is 0 Å². The van der Waals surface area contributed by atoms with E-state index in [2.05, 4.69) is 30.7 Å². The minimum absolute atomic E-state index is 0.682. The molecule has 1 heterocycles. The average molecular weight is 227 g/mol. The van der Waals surface area contributed by atoms with Crippen LogP contribution in [0.25, 0.3) is 0 Å². The maximum absolute atomic E-state index is 5.57. The minimum atomic E-state index is 0.682. The molecule has 0 bridgehead atoms. The second kappa shape index (κ2) is 7.25. The lowest BCUT2D eigenvalue weighted by Gasteiger charge is -2.39. The van der Waals surface area contributed by atoms with E-state index in [1.165, 1.54) is 38.9 Å². The van der Waals surface area contributed by atoms with Crippen LogP contribution in [0.15, 0.2) is 0 Å². The Bertz CT molecular complexity index is 176. The van der Waals surface area contributed by atoms with Crippen molar-refractivity contribution in [1.29, 1.82) is 0 Å². The molecule has 0 amide bonds. The van der Waals surface area contributed by atoms with Crippen molar-refractivity contribution in [2.75, 3.05) is 33.2 Å². The third kappa shape index (κ3) is 4.04. The Morgan fingerprint density at radius 2 is 2.00 bits per heavy atom. The zero-order valence-corrected chi connectivity index (χ0v) is 11.3.